The molecule has 2 heterocycles. The van der Waals surface area contributed by atoms with Gasteiger partial charge in [0, 0.05) is 6.42 Å². The maximum atomic E-state index is 13.0. The number of rotatable bonds is 5. The third-order valence-electron chi connectivity index (χ3n) is 4.76. The van der Waals surface area contributed by atoms with Gasteiger partial charge in [-0.1, -0.05) is 30.3 Å². The van der Waals surface area contributed by atoms with Crippen LogP contribution in [-0.4, -0.2) is 47.4 Å². The predicted octanol–water partition coefficient (Wildman–Crippen LogP) is 2.52. The van der Waals surface area contributed by atoms with Crippen molar-refractivity contribution in [2.45, 2.75) is 76.5 Å². The molecule has 3 rings (SSSR count). The normalized spacial score (nSPS) is 32.3. The van der Waals surface area contributed by atoms with Gasteiger partial charge in [0.05, 0.1) is 12.2 Å². The largest absolute Gasteiger partial charge is 0.385 e. The highest BCUT2D eigenvalue weighted by Crippen LogP contribution is 2.37. The molecule has 0 aliphatic carbocycles. The molecule has 1 aromatic rings. The predicted molar refractivity (Wildman–Crippen MR) is 94.4 cm³/mol. The van der Waals surface area contributed by atoms with Gasteiger partial charge in [0.25, 0.3) is 0 Å². The Morgan fingerprint density at radius 3 is 2.35 bits per heavy atom. The average molecular weight is 364 g/mol. The van der Waals surface area contributed by atoms with Gasteiger partial charge in [-0.05, 0) is 40.2 Å². The van der Waals surface area contributed by atoms with Gasteiger partial charge in [0.2, 0.25) is 0 Å². The molecular formula is C20H28O6. The molecular weight excluding hydrogens is 336 g/mol. The van der Waals surface area contributed by atoms with Crippen LogP contribution in [0.5, 0.6) is 0 Å². The Morgan fingerprint density at radius 2 is 1.77 bits per heavy atom. The number of aliphatic hydroxyl groups is 1. The van der Waals surface area contributed by atoms with Crippen LogP contribution < -0.4 is 0 Å². The van der Waals surface area contributed by atoms with Crippen LogP contribution in [0.1, 0.15) is 46.6 Å². The smallest absolute Gasteiger partial charge is 0.167 e. The number of Topliss-reactive ketones (excluding diaryl/α,β-unsaturated/α-hetero) is 1. The van der Waals surface area contributed by atoms with Crippen molar-refractivity contribution in [2.24, 2.45) is 0 Å². The van der Waals surface area contributed by atoms with E-state index >= 15 is 0 Å². The van der Waals surface area contributed by atoms with Gasteiger partial charge in [0.1, 0.15) is 18.3 Å². The van der Waals surface area contributed by atoms with Gasteiger partial charge < -0.3 is 24.1 Å². The molecule has 4 atom stereocenters. The van der Waals surface area contributed by atoms with Crippen LogP contribution in [0.15, 0.2) is 30.3 Å². The second-order valence-electron chi connectivity index (χ2n) is 8.17. The SMILES string of the molecule is CC1(C)OC[C@@H]([C@@H]2OC(C)(C)O[C@H]2C(=O)C[C@@](C)(O)c2ccccc2)O1. The van der Waals surface area contributed by atoms with Crippen LogP contribution in [0.4, 0.5) is 0 Å². The molecule has 2 aliphatic heterocycles. The Balaban J connectivity index is 1.76. The number of ketones is 1. The van der Waals surface area contributed by atoms with Gasteiger partial charge in [-0.25, -0.2) is 0 Å². The lowest BCUT2D eigenvalue weighted by Crippen LogP contribution is -2.43. The first-order chi connectivity index (χ1) is 12.0. The third kappa shape index (κ3) is 4.15. The van der Waals surface area contributed by atoms with E-state index in [0.29, 0.717) is 12.2 Å². The summed E-state index contributed by atoms with van der Waals surface area (Å²) in [6.45, 7) is 9.15. The van der Waals surface area contributed by atoms with Crippen LogP contribution in [0.2, 0.25) is 0 Å². The Bertz CT molecular complexity index is 652. The minimum absolute atomic E-state index is 0.0748. The summed E-state index contributed by atoms with van der Waals surface area (Å²) in [5.41, 5.74) is -0.602. The van der Waals surface area contributed by atoms with Crippen molar-refractivity contribution in [3.05, 3.63) is 35.9 Å². The molecule has 0 radical (unpaired) electrons. The van der Waals surface area contributed by atoms with E-state index in [1.807, 2.05) is 32.0 Å². The van der Waals surface area contributed by atoms with E-state index in [9.17, 15) is 9.90 Å². The van der Waals surface area contributed by atoms with Gasteiger partial charge in [-0.2, -0.15) is 0 Å². The van der Waals surface area contributed by atoms with Crippen molar-refractivity contribution in [3.63, 3.8) is 0 Å². The summed E-state index contributed by atoms with van der Waals surface area (Å²) in [4.78, 5) is 13.0. The number of ether oxygens (including phenoxy) is 4. The van der Waals surface area contributed by atoms with E-state index in [1.165, 1.54) is 0 Å². The zero-order valence-corrected chi connectivity index (χ0v) is 16.0. The molecule has 1 aromatic carbocycles. The molecule has 2 aliphatic rings. The number of carbonyl (C=O) groups is 1. The summed E-state index contributed by atoms with van der Waals surface area (Å²) in [7, 11) is 0. The first kappa shape index (κ1) is 19.5. The van der Waals surface area contributed by atoms with Crippen molar-refractivity contribution in [2.75, 3.05) is 6.61 Å². The fraction of sp³-hybridized carbons (Fsp3) is 0.650. The Morgan fingerprint density at radius 1 is 1.12 bits per heavy atom. The topological polar surface area (TPSA) is 74.2 Å². The van der Waals surface area contributed by atoms with E-state index in [2.05, 4.69) is 0 Å². The molecule has 2 saturated heterocycles. The molecule has 1 N–H and O–H groups in total. The molecule has 0 amide bonds. The van der Waals surface area contributed by atoms with Crippen molar-refractivity contribution in [3.8, 4) is 0 Å². The van der Waals surface area contributed by atoms with Gasteiger partial charge in [-0.3, -0.25) is 4.79 Å². The lowest BCUT2D eigenvalue weighted by molar-refractivity contribution is -0.175. The molecule has 26 heavy (non-hydrogen) atoms. The molecule has 0 aromatic heterocycles. The van der Waals surface area contributed by atoms with Crippen molar-refractivity contribution < 1.29 is 28.8 Å². The zero-order valence-electron chi connectivity index (χ0n) is 16.0. The van der Waals surface area contributed by atoms with Gasteiger partial charge in [-0.15, -0.1) is 0 Å². The lowest BCUT2D eigenvalue weighted by atomic mass is 9.88. The summed E-state index contributed by atoms with van der Waals surface area (Å²) in [6, 6.07) is 9.14. The van der Waals surface area contributed by atoms with Crippen molar-refractivity contribution >= 4 is 5.78 Å². The molecule has 2 fully saturated rings. The first-order valence-corrected chi connectivity index (χ1v) is 8.97. The van der Waals surface area contributed by atoms with E-state index in [-0.39, 0.29) is 12.2 Å². The molecule has 0 unspecified atom stereocenters. The number of carbonyl (C=O) groups excluding carboxylic acids is 1. The van der Waals surface area contributed by atoms with Crippen LogP contribution in [0.25, 0.3) is 0 Å². The standard InChI is InChI=1S/C20H28O6/c1-18(2)23-12-15(24-18)17-16(25-19(3,4)26-17)14(21)11-20(5,22)13-9-7-6-8-10-13/h6-10,15-17,22H,11-12H2,1-5H3/t15-,16-,17-,20+/m0/s1. The summed E-state index contributed by atoms with van der Waals surface area (Å²) in [5, 5.41) is 10.8. The number of benzene rings is 1. The van der Waals surface area contributed by atoms with Crippen molar-refractivity contribution in [1.29, 1.82) is 0 Å². The summed E-state index contributed by atoms with van der Waals surface area (Å²) in [5.74, 6) is -1.84. The lowest BCUT2D eigenvalue weighted by Gasteiger charge is -2.27. The Labute approximate surface area is 154 Å². The van der Waals surface area contributed by atoms with E-state index in [1.54, 1.807) is 32.9 Å². The van der Waals surface area contributed by atoms with E-state index < -0.39 is 35.5 Å². The van der Waals surface area contributed by atoms with Crippen molar-refractivity contribution in [1.82, 2.24) is 0 Å². The molecule has 6 nitrogen and oxygen atoms in total. The highest BCUT2D eigenvalue weighted by molar-refractivity contribution is 5.85. The van der Waals surface area contributed by atoms with E-state index in [0.717, 1.165) is 0 Å². The summed E-state index contributed by atoms with van der Waals surface area (Å²) < 4.78 is 23.3. The fourth-order valence-electron chi connectivity index (χ4n) is 3.53. The maximum absolute atomic E-state index is 13.0. The van der Waals surface area contributed by atoms with Crippen LogP contribution >= 0.6 is 0 Å². The van der Waals surface area contributed by atoms with Crippen LogP contribution in [-0.2, 0) is 29.3 Å². The molecule has 0 bridgehead atoms. The number of hydrogen-bond acceptors (Lipinski definition) is 6. The quantitative estimate of drug-likeness (QED) is 0.865. The second-order valence-corrected chi connectivity index (χ2v) is 8.17. The summed E-state index contributed by atoms with van der Waals surface area (Å²) in [6.07, 6.45) is -1.87. The summed E-state index contributed by atoms with van der Waals surface area (Å²) >= 11 is 0. The molecule has 0 spiro atoms. The number of hydrogen-bond donors (Lipinski definition) is 1. The Kier molecular flexibility index (Phi) is 5.01. The third-order valence-corrected chi connectivity index (χ3v) is 4.76. The second kappa shape index (κ2) is 6.69. The minimum Gasteiger partial charge on any atom is -0.385 e. The van der Waals surface area contributed by atoms with Crippen LogP contribution in [0, 0.1) is 0 Å². The molecule has 6 heteroatoms. The van der Waals surface area contributed by atoms with E-state index in [4.69, 9.17) is 18.9 Å². The zero-order chi connectivity index (χ0) is 19.2. The average Bonchev–Trinajstić information content (AvgIpc) is 3.06. The fourth-order valence-corrected chi connectivity index (χ4v) is 3.53. The molecule has 144 valence electrons. The maximum Gasteiger partial charge on any atom is 0.167 e. The van der Waals surface area contributed by atoms with Crippen LogP contribution in [0.3, 0.4) is 0 Å². The highest BCUT2D eigenvalue weighted by atomic mass is 16.8. The first-order valence-electron chi connectivity index (χ1n) is 8.97. The minimum atomic E-state index is -1.29. The molecule has 0 saturated carbocycles. The van der Waals surface area contributed by atoms with Gasteiger partial charge in [0.15, 0.2) is 17.4 Å². The monoisotopic (exact) mass is 364 g/mol. The highest BCUT2D eigenvalue weighted by Gasteiger charge is 2.52. The van der Waals surface area contributed by atoms with Gasteiger partial charge >= 0.3 is 0 Å². The Hall–Kier alpha value is -1.31.